The Kier molecular flexibility index (Phi) is 5.64. The lowest BCUT2D eigenvalue weighted by atomic mass is 10.1. The monoisotopic (exact) mass is 352 g/mol. The fraction of sp³-hybridized carbons (Fsp3) is 0.176. The van der Waals surface area contributed by atoms with Crippen LogP contribution in [0.1, 0.15) is 22.8 Å². The van der Waals surface area contributed by atoms with E-state index >= 15 is 0 Å². The van der Waals surface area contributed by atoms with E-state index in [1.807, 2.05) is 0 Å². The van der Waals surface area contributed by atoms with Gasteiger partial charge in [-0.15, -0.1) is 0 Å². The predicted molar refractivity (Wildman–Crippen MR) is 89.3 cm³/mol. The summed E-state index contributed by atoms with van der Waals surface area (Å²) in [5.41, 5.74) is 1.06. The van der Waals surface area contributed by atoms with Gasteiger partial charge in [0.25, 0.3) is 0 Å². The first-order chi connectivity index (χ1) is 10.9. The van der Waals surface area contributed by atoms with Gasteiger partial charge in [0.2, 0.25) is 0 Å². The van der Waals surface area contributed by atoms with Crippen LogP contribution in [-0.4, -0.2) is 19.2 Å². The molecule has 4 nitrogen and oxygen atoms in total. The molecule has 6 heteroatoms. The van der Waals surface area contributed by atoms with Crippen LogP contribution in [0.3, 0.4) is 0 Å². The number of hydrogen-bond donors (Lipinski definition) is 0. The summed E-state index contributed by atoms with van der Waals surface area (Å²) in [5.74, 6) is 1.12. The van der Waals surface area contributed by atoms with Crippen molar-refractivity contribution < 1.29 is 19.1 Å². The third-order valence-corrected chi connectivity index (χ3v) is 3.62. The molecule has 0 N–H and O–H groups in total. The van der Waals surface area contributed by atoms with Gasteiger partial charge in [-0.2, -0.15) is 0 Å². The summed E-state index contributed by atoms with van der Waals surface area (Å²) in [7, 11) is 1.48. The number of carbonyl (C=O) groups excluding carboxylic acids is 2. The van der Waals surface area contributed by atoms with Crippen LogP contribution in [0.4, 0.5) is 0 Å². The molecule has 0 saturated heterocycles. The molecule has 0 radical (unpaired) electrons. The molecule has 120 valence electrons. The second-order valence-electron chi connectivity index (χ2n) is 4.89. The molecule has 0 aliphatic heterocycles. The number of Topliss-reactive ketones (excluding diaryl/α,β-unsaturated/α-hetero) is 1. The van der Waals surface area contributed by atoms with E-state index in [-0.39, 0.29) is 28.0 Å². The molecule has 0 heterocycles. The number of hydrogen-bond acceptors (Lipinski definition) is 4. The zero-order valence-corrected chi connectivity index (χ0v) is 14.1. The number of ketones is 1. The number of benzene rings is 2. The summed E-state index contributed by atoms with van der Waals surface area (Å²) in [6.07, 6.45) is 0.919. The SMILES string of the molecule is COc1ccc(Oc2c(Cl)cc(CC(C)=O)cc2Cl)cc1C=O. The average Bonchev–Trinajstić information content (AvgIpc) is 2.50. The normalized spacial score (nSPS) is 10.3. The van der Waals surface area contributed by atoms with Crippen LogP contribution in [0.25, 0.3) is 0 Å². The summed E-state index contributed by atoms with van der Waals surface area (Å²) < 4.78 is 10.7. The van der Waals surface area contributed by atoms with Crippen LogP contribution in [0, 0.1) is 0 Å². The van der Waals surface area contributed by atoms with Crippen LogP contribution < -0.4 is 9.47 Å². The highest BCUT2D eigenvalue weighted by Gasteiger charge is 2.13. The van der Waals surface area contributed by atoms with Gasteiger partial charge in [-0.3, -0.25) is 9.59 Å². The molecule has 0 fully saturated rings. The standard InChI is InChI=1S/C17H14Cl2O4/c1-10(21)5-11-6-14(18)17(15(19)7-11)23-13-3-4-16(22-2)12(8-13)9-20/h3-4,6-9H,5H2,1-2H3. The van der Waals surface area contributed by atoms with Crippen molar-refractivity contribution in [1.82, 2.24) is 0 Å². The maximum Gasteiger partial charge on any atom is 0.164 e. The van der Waals surface area contributed by atoms with E-state index in [4.69, 9.17) is 32.7 Å². The number of ether oxygens (including phenoxy) is 2. The minimum atomic E-state index is 0.0107. The van der Waals surface area contributed by atoms with Gasteiger partial charge in [0.1, 0.15) is 17.3 Å². The Labute approximate surface area is 143 Å². The minimum absolute atomic E-state index is 0.0107. The van der Waals surface area contributed by atoms with Crippen LogP contribution >= 0.6 is 23.2 Å². The van der Waals surface area contributed by atoms with Gasteiger partial charge >= 0.3 is 0 Å². The highest BCUT2D eigenvalue weighted by atomic mass is 35.5. The van der Waals surface area contributed by atoms with Gasteiger partial charge in [-0.25, -0.2) is 0 Å². The number of carbonyl (C=O) groups is 2. The van der Waals surface area contributed by atoms with Crippen molar-refractivity contribution in [3.8, 4) is 17.2 Å². The Morgan fingerprint density at radius 3 is 2.35 bits per heavy atom. The zero-order chi connectivity index (χ0) is 17.0. The molecule has 0 bridgehead atoms. The molecule has 0 spiro atoms. The third-order valence-electron chi connectivity index (χ3n) is 3.06. The molecule has 0 aliphatic carbocycles. The molecule has 0 atom stereocenters. The Morgan fingerprint density at radius 2 is 1.83 bits per heavy atom. The Hall–Kier alpha value is -2.04. The highest BCUT2D eigenvalue weighted by Crippen LogP contribution is 2.38. The summed E-state index contributed by atoms with van der Waals surface area (Å²) in [6.45, 7) is 1.49. The van der Waals surface area contributed by atoms with E-state index in [0.29, 0.717) is 28.9 Å². The summed E-state index contributed by atoms with van der Waals surface area (Å²) >= 11 is 12.4. The first kappa shape index (κ1) is 17.3. The molecule has 2 aromatic rings. The molecular weight excluding hydrogens is 339 g/mol. The molecule has 2 aromatic carbocycles. The highest BCUT2D eigenvalue weighted by molar-refractivity contribution is 6.37. The molecular formula is C17H14Cl2O4. The zero-order valence-electron chi connectivity index (χ0n) is 12.6. The van der Waals surface area contributed by atoms with Crippen LogP contribution in [0.2, 0.25) is 10.0 Å². The van der Waals surface area contributed by atoms with E-state index in [0.717, 1.165) is 0 Å². The quantitative estimate of drug-likeness (QED) is 0.704. The largest absolute Gasteiger partial charge is 0.496 e. The van der Waals surface area contributed by atoms with Crippen molar-refractivity contribution in [2.45, 2.75) is 13.3 Å². The molecule has 0 saturated carbocycles. The lowest BCUT2D eigenvalue weighted by Crippen LogP contribution is -1.97. The van der Waals surface area contributed by atoms with E-state index in [2.05, 4.69) is 0 Å². The van der Waals surface area contributed by atoms with E-state index in [9.17, 15) is 9.59 Å². The maximum atomic E-state index is 11.2. The van der Waals surface area contributed by atoms with Gasteiger partial charge in [0.05, 0.1) is 22.7 Å². The lowest BCUT2D eigenvalue weighted by molar-refractivity contribution is -0.116. The first-order valence-corrected chi connectivity index (χ1v) is 7.48. The van der Waals surface area contributed by atoms with Crippen LogP contribution in [0.5, 0.6) is 17.2 Å². The van der Waals surface area contributed by atoms with Crippen molar-refractivity contribution in [1.29, 1.82) is 0 Å². The summed E-state index contributed by atoms with van der Waals surface area (Å²) in [6, 6.07) is 8.05. The maximum absolute atomic E-state index is 11.2. The van der Waals surface area contributed by atoms with Crippen molar-refractivity contribution in [2.75, 3.05) is 7.11 Å². The first-order valence-electron chi connectivity index (χ1n) is 6.73. The molecule has 0 amide bonds. The minimum Gasteiger partial charge on any atom is -0.496 e. The number of methoxy groups -OCH3 is 1. The topological polar surface area (TPSA) is 52.6 Å². The second kappa shape index (κ2) is 7.49. The van der Waals surface area contributed by atoms with E-state index in [1.54, 1.807) is 24.3 Å². The smallest absolute Gasteiger partial charge is 0.164 e. The van der Waals surface area contributed by atoms with Crippen molar-refractivity contribution in [2.24, 2.45) is 0 Å². The van der Waals surface area contributed by atoms with Gasteiger partial charge in [-0.05, 0) is 42.8 Å². The Morgan fingerprint density at radius 1 is 1.17 bits per heavy atom. The van der Waals surface area contributed by atoms with Crippen LogP contribution in [-0.2, 0) is 11.2 Å². The molecule has 2 rings (SSSR count). The Bertz CT molecular complexity index is 733. The van der Waals surface area contributed by atoms with E-state index in [1.165, 1.54) is 20.1 Å². The molecule has 0 unspecified atom stereocenters. The third kappa shape index (κ3) is 4.24. The number of aldehydes is 1. The molecule has 23 heavy (non-hydrogen) atoms. The summed E-state index contributed by atoms with van der Waals surface area (Å²) in [4.78, 5) is 22.2. The van der Waals surface area contributed by atoms with Gasteiger partial charge in [-0.1, -0.05) is 23.2 Å². The molecule has 0 aliphatic rings. The van der Waals surface area contributed by atoms with Crippen molar-refractivity contribution >= 4 is 35.3 Å². The fourth-order valence-electron chi connectivity index (χ4n) is 2.09. The summed E-state index contributed by atoms with van der Waals surface area (Å²) in [5, 5.41) is 0.578. The Balaban J connectivity index is 2.33. The number of rotatable bonds is 6. The van der Waals surface area contributed by atoms with Crippen molar-refractivity contribution in [3.05, 3.63) is 51.5 Å². The van der Waals surface area contributed by atoms with Crippen LogP contribution in [0.15, 0.2) is 30.3 Å². The van der Waals surface area contributed by atoms with Crippen molar-refractivity contribution in [3.63, 3.8) is 0 Å². The van der Waals surface area contributed by atoms with Gasteiger partial charge < -0.3 is 9.47 Å². The fourth-order valence-corrected chi connectivity index (χ4v) is 2.69. The van der Waals surface area contributed by atoms with Gasteiger partial charge in [0.15, 0.2) is 12.0 Å². The molecule has 0 aromatic heterocycles. The predicted octanol–water partition coefficient (Wildman–Crippen LogP) is 4.74. The lowest BCUT2D eigenvalue weighted by Gasteiger charge is -2.12. The second-order valence-corrected chi connectivity index (χ2v) is 5.71. The van der Waals surface area contributed by atoms with Gasteiger partial charge in [0, 0.05) is 6.42 Å². The van der Waals surface area contributed by atoms with E-state index < -0.39 is 0 Å². The number of halogens is 2. The average molecular weight is 353 g/mol.